The molecule has 7 unspecified atom stereocenters. The fourth-order valence-electron chi connectivity index (χ4n) is 6.68. The molecule has 0 radical (unpaired) electrons. The number of ether oxygens (including phenoxy) is 2. The number of hydrogen-bond donors (Lipinski definition) is 6. The lowest BCUT2D eigenvalue weighted by molar-refractivity contribution is -0.302. The maximum absolute atomic E-state index is 12.9. The average molecular weight is 714 g/mol. The van der Waals surface area contributed by atoms with Crippen LogP contribution in [0, 0.1) is 0 Å². The Morgan fingerprint density at radius 2 is 1.12 bits per heavy atom. The van der Waals surface area contributed by atoms with Crippen LogP contribution in [-0.4, -0.2) is 87.5 Å². The molecule has 0 aromatic carbocycles. The van der Waals surface area contributed by atoms with Crippen molar-refractivity contribution in [3.05, 3.63) is 12.2 Å². The number of unbranched alkanes of at least 4 members (excludes halogenated alkanes) is 22. The standard InChI is InChI=1S/C41H79NO8/c1-3-5-7-9-11-13-14-15-16-17-18-19-20-21-23-25-27-29-31-37(45)42-34(35(44)30-28-26-24-22-12-10-8-6-4-2)33-49-41-40(48)39(47)38(46)36(32-43)50-41/h18-19,34-36,38-41,43-44,46-48H,3-17,20-33H2,1-2H3,(H,42,45)/b19-18-. The van der Waals surface area contributed by atoms with Gasteiger partial charge < -0.3 is 40.3 Å². The third-order valence-electron chi connectivity index (χ3n) is 10.1. The maximum Gasteiger partial charge on any atom is 0.220 e. The summed E-state index contributed by atoms with van der Waals surface area (Å²) in [6.07, 6.45) is 28.0. The molecule has 0 bridgehead atoms. The van der Waals surface area contributed by atoms with E-state index in [0.717, 1.165) is 51.4 Å². The highest BCUT2D eigenvalue weighted by Crippen LogP contribution is 2.23. The highest BCUT2D eigenvalue weighted by atomic mass is 16.7. The number of hydrogen-bond acceptors (Lipinski definition) is 8. The van der Waals surface area contributed by atoms with Crippen molar-refractivity contribution in [1.29, 1.82) is 0 Å². The zero-order valence-corrected chi connectivity index (χ0v) is 32.2. The van der Waals surface area contributed by atoms with Gasteiger partial charge in [-0.1, -0.05) is 154 Å². The second-order valence-electron chi connectivity index (χ2n) is 14.8. The van der Waals surface area contributed by atoms with E-state index in [1.54, 1.807) is 0 Å². The summed E-state index contributed by atoms with van der Waals surface area (Å²) in [6.45, 7) is 3.79. The van der Waals surface area contributed by atoms with Crippen molar-refractivity contribution in [3.63, 3.8) is 0 Å². The van der Waals surface area contributed by atoms with Crippen LogP contribution in [0.15, 0.2) is 12.2 Å². The van der Waals surface area contributed by atoms with Crippen molar-refractivity contribution in [2.45, 2.75) is 230 Å². The van der Waals surface area contributed by atoms with Gasteiger partial charge in [-0.05, 0) is 38.5 Å². The lowest BCUT2D eigenvalue weighted by atomic mass is 9.99. The Morgan fingerprint density at radius 3 is 1.62 bits per heavy atom. The second-order valence-corrected chi connectivity index (χ2v) is 14.8. The van der Waals surface area contributed by atoms with Crippen LogP contribution in [0.3, 0.4) is 0 Å². The molecule has 6 N–H and O–H groups in total. The summed E-state index contributed by atoms with van der Waals surface area (Å²) in [4.78, 5) is 12.9. The van der Waals surface area contributed by atoms with Crippen molar-refractivity contribution in [1.82, 2.24) is 5.32 Å². The summed E-state index contributed by atoms with van der Waals surface area (Å²) >= 11 is 0. The molecular weight excluding hydrogens is 634 g/mol. The number of rotatable bonds is 34. The number of aliphatic hydroxyl groups is 5. The number of carbonyl (C=O) groups is 1. The van der Waals surface area contributed by atoms with E-state index in [0.29, 0.717) is 12.8 Å². The molecule has 1 aliphatic rings. The van der Waals surface area contributed by atoms with Crippen LogP contribution in [0.2, 0.25) is 0 Å². The minimum atomic E-state index is -1.55. The van der Waals surface area contributed by atoms with Gasteiger partial charge >= 0.3 is 0 Å². The molecule has 0 aliphatic carbocycles. The lowest BCUT2D eigenvalue weighted by Gasteiger charge is -2.40. The summed E-state index contributed by atoms with van der Waals surface area (Å²) < 4.78 is 11.2. The Kier molecular flexibility index (Phi) is 30.6. The number of carbonyl (C=O) groups excluding carboxylic acids is 1. The Bertz CT molecular complexity index is 797. The Hall–Kier alpha value is -1.07. The summed E-state index contributed by atoms with van der Waals surface area (Å²) in [5.74, 6) is -0.155. The van der Waals surface area contributed by atoms with Crippen molar-refractivity contribution in [2.24, 2.45) is 0 Å². The number of amides is 1. The minimum absolute atomic E-state index is 0.139. The Labute approximate surface area is 306 Å². The van der Waals surface area contributed by atoms with Crippen molar-refractivity contribution < 1.29 is 39.8 Å². The molecule has 296 valence electrons. The fraction of sp³-hybridized carbons (Fsp3) is 0.927. The van der Waals surface area contributed by atoms with E-state index < -0.39 is 49.5 Å². The van der Waals surface area contributed by atoms with Gasteiger partial charge in [-0.3, -0.25) is 4.79 Å². The van der Waals surface area contributed by atoms with E-state index in [-0.39, 0.29) is 12.5 Å². The van der Waals surface area contributed by atoms with E-state index in [2.05, 4.69) is 31.3 Å². The van der Waals surface area contributed by atoms with Gasteiger partial charge in [0.15, 0.2) is 6.29 Å². The Balaban J connectivity index is 2.33. The van der Waals surface area contributed by atoms with Crippen LogP contribution in [0.1, 0.15) is 187 Å². The summed E-state index contributed by atoms with van der Waals surface area (Å²) in [6, 6.07) is -0.716. The lowest BCUT2D eigenvalue weighted by Crippen LogP contribution is -2.60. The number of aliphatic hydroxyl groups excluding tert-OH is 5. The topological polar surface area (TPSA) is 149 Å². The van der Waals surface area contributed by atoms with Crippen LogP contribution in [0.25, 0.3) is 0 Å². The Morgan fingerprint density at radius 1 is 0.660 bits per heavy atom. The van der Waals surface area contributed by atoms with Gasteiger partial charge in [-0.2, -0.15) is 0 Å². The van der Waals surface area contributed by atoms with Gasteiger partial charge in [0.05, 0.1) is 25.4 Å². The molecule has 0 aromatic rings. The van der Waals surface area contributed by atoms with Crippen LogP contribution < -0.4 is 5.32 Å². The largest absolute Gasteiger partial charge is 0.394 e. The van der Waals surface area contributed by atoms with E-state index in [1.807, 2.05) is 0 Å². The molecule has 0 spiro atoms. The van der Waals surface area contributed by atoms with Gasteiger partial charge in [0, 0.05) is 6.42 Å². The molecule has 7 atom stereocenters. The molecule has 1 fully saturated rings. The average Bonchev–Trinajstić information content (AvgIpc) is 3.11. The van der Waals surface area contributed by atoms with E-state index >= 15 is 0 Å². The monoisotopic (exact) mass is 714 g/mol. The smallest absolute Gasteiger partial charge is 0.220 e. The van der Waals surface area contributed by atoms with Gasteiger partial charge in [-0.15, -0.1) is 0 Å². The van der Waals surface area contributed by atoms with Crippen molar-refractivity contribution in [2.75, 3.05) is 13.2 Å². The van der Waals surface area contributed by atoms with Crippen LogP contribution in [0.4, 0.5) is 0 Å². The number of nitrogens with one attached hydrogen (secondary N) is 1. The molecule has 0 aromatic heterocycles. The highest BCUT2D eigenvalue weighted by molar-refractivity contribution is 5.76. The first-order chi connectivity index (χ1) is 24.3. The predicted octanol–water partition coefficient (Wildman–Crippen LogP) is 7.78. The first-order valence-corrected chi connectivity index (χ1v) is 20.9. The van der Waals surface area contributed by atoms with Gasteiger partial charge in [0.2, 0.25) is 5.91 Å². The van der Waals surface area contributed by atoms with E-state index in [4.69, 9.17) is 9.47 Å². The summed E-state index contributed by atoms with van der Waals surface area (Å²) in [7, 11) is 0. The SMILES string of the molecule is CCCCCCCCCCC/C=C\CCCCCCCC(=O)NC(COC1OC(CO)C(O)C(O)C1O)C(O)CCCCCCCCCCC. The maximum atomic E-state index is 12.9. The van der Waals surface area contributed by atoms with Crippen LogP contribution >= 0.6 is 0 Å². The second kappa shape index (κ2) is 32.6. The number of allylic oxidation sites excluding steroid dienone is 2. The first-order valence-electron chi connectivity index (χ1n) is 20.9. The molecule has 9 nitrogen and oxygen atoms in total. The van der Waals surface area contributed by atoms with Gasteiger partial charge in [0.25, 0.3) is 0 Å². The molecule has 1 heterocycles. The summed E-state index contributed by atoms with van der Waals surface area (Å²) in [5.41, 5.74) is 0. The van der Waals surface area contributed by atoms with Crippen molar-refractivity contribution >= 4 is 5.91 Å². The molecular formula is C41H79NO8. The molecule has 1 aliphatic heterocycles. The minimum Gasteiger partial charge on any atom is -0.394 e. The van der Waals surface area contributed by atoms with Gasteiger partial charge in [0.1, 0.15) is 24.4 Å². The quantitative estimate of drug-likeness (QED) is 0.0293. The fourth-order valence-corrected chi connectivity index (χ4v) is 6.68. The normalized spacial score (nSPS) is 22.3. The molecule has 1 amide bonds. The van der Waals surface area contributed by atoms with Gasteiger partial charge in [-0.25, -0.2) is 0 Å². The molecule has 0 saturated carbocycles. The van der Waals surface area contributed by atoms with E-state index in [1.165, 1.54) is 109 Å². The molecule has 1 saturated heterocycles. The van der Waals surface area contributed by atoms with E-state index in [9.17, 15) is 30.3 Å². The zero-order chi connectivity index (χ0) is 36.7. The van der Waals surface area contributed by atoms with Crippen LogP contribution in [0.5, 0.6) is 0 Å². The van der Waals surface area contributed by atoms with Crippen LogP contribution in [-0.2, 0) is 14.3 Å². The third kappa shape index (κ3) is 23.5. The summed E-state index contributed by atoms with van der Waals surface area (Å²) in [5, 5.41) is 54.0. The molecule has 1 rings (SSSR count). The first kappa shape index (κ1) is 47.0. The molecule has 50 heavy (non-hydrogen) atoms. The zero-order valence-electron chi connectivity index (χ0n) is 32.2. The predicted molar refractivity (Wildman–Crippen MR) is 203 cm³/mol. The third-order valence-corrected chi connectivity index (χ3v) is 10.1. The molecule has 9 heteroatoms. The highest BCUT2D eigenvalue weighted by Gasteiger charge is 2.44. The van der Waals surface area contributed by atoms with Crippen molar-refractivity contribution in [3.8, 4) is 0 Å².